The zero-order chi connectivity index (χ0) is 15.6. The molecule has 0 aliphatic rings. The molecule has 1 aromatic rings. The SMILES string of the molecule is NN(CCCCCCCCCC(Br)(Br)Br)c1ccccc1. The number of hydrazine groups is 1. The van der Waals surface area contributed by atoms with Gasteiger partial charge in [0.1, 0.15) is 2.14 Å². The van der Waals surface area contributed by atoms with Crippen molar-refractivity contribution in [1.29, 1.82) is 0 Å². The van der Waals surface area contributed by atoms with E-state index >= 15 is 0 Å². The Kier molecular flexibility index (Phi) is 10.2. The van der Waals surface area contributed by atoms with Gasteiger partial charge in [-0.05, 0) is 25.0 Å². The molecule has 5 heteroatoms. The third kappa shape index (κ3) is 10.7. The van der Waals surface area contributed by atoms with E-state index in [2.05, 4.69) is 59.9 Å². The van der Waals surface area contributed by atoms with Crippen molar-refractivity contribution in [3.05, 3.63) is 30.3 Å². The van der Waals surface area contributed by atoms with Crippen molar-refractivity contribution >= 4 is 53.5 Å². The van der Waals surface area contributed by atoms with Crippen LogP contribution in [0.15, 0.2) is 30.3 Å². The van der Waals surface area contributed by atoms with Gasteiger partial charge in [0.25, 0.3) is 0 Å². The van der Waals surface area contributed by atoms with E-state index in [4.69, 9.17) is 5.84 Å². The summed E-state index contributed by atoms with van der Waals surface area (Å²) >= 11 is 10.6. The minimum absolute atomic E-state index is 0.0605. The van der Waals surface area contributed by atoms with Gasteiger partial charge in [-0.2, -0.15) is 0 Å². The largest absolute Gasteiger partial charge is 0.311 e. The molecule has 0 aromatic heterocycles. The fourth-order valence-electron chi connectivity index (χ4n) is 2.24. The maximum absolute atomic E-state index is 6.04. The molecule has 0 unspecified atom stereocenters. The van der Waals surface area contributed by atoms with Crippen LogP contribution in [-0.2, 0) is 0 Å². The van der Waals surface area contributed by atoms with E-state index in [-0.39, 0.29) is 2.14 Å². The quantitative estimate of drug-likeness (QED) is 0.182. The lowest BCUT2D eigenvalue weighted by Crippen LogP contribution is -2.31. The first kappa shape index (κ1) is 19.5. The van der Waals surface area contributed by atoms with Crippen LogP contribution in [0.25, 0.3) is 0 Å². The number of para-hydroxylation sites is 1. The molecule has 0 fully saturated rings. The zero-order valence-corrected chi connectivity index (χ0v) is 17.2. The first-order valence-corrected chi connectivity index (χ1v) is 10.0. The Morgan fingerprint density at radius 1 is 0.810 bits per heavy atom. The second-order valence-corrected chi connectivity index (χ2v) is 12.6. The summed E-state index contributed by atoms with van der Waals surface area (Å²) in [4.78, 5) is 0. The van der Waals surface area contributed by atoms with E-state index in [0.29, 0.717) is 0 Å². The summed E-state index contributed by atoms with van der Waals surface area (Å²) in [6, 6.07) is 10.2. The molecule has 1 aromatic carbocycles. The molecular formula is C16H25Br3N2. The van der Waals surface area contributed by atoms with E-state index in [0.717, 1.165) is 18.7 Å². The van der Waals surface area contributed by atoms with Crippen molar-refractivity contribution in [2.45, 2.75) is 53.5 Å². The Labute approximate surface area is 154 Å². The zero-order valence-electron chi connectivity index (χ0n) is 12.4. The monoisotopic (exact) mass is 482 g/mol. The van der Waals surface area contributed by atoms with E-state index in [1.54, 1.807) is 0 Å². The standard InChI is InChI=1S/C16H25Br3N2/c17-16(18,19)13-9-4-2-1-3-5-10-14-21(20)15-11-7-6-8-12-15/h6-8,11-12H,1-5,9-10,13-14,20H2. The van der Waals surface area contributed by atoms with E-state index in [1.807, 2.05) is 23.2 Å². The number of nitrogens with zero attached hydrogens (tertiary/aromatic N) is 1. The van der Waals surface area contributed by atoms with Gasteiger partial charge in [-0.15, -0.1) is 0 Å². The van der Waals surface area contributed by atoms with Crippen LogP contribution in [0.5, 0.6) is 0 Å². The minimum atomic E-state index is -0.0605. The maximum atomic E-state index is 6.04. The number of hydrogen-bond acceptors (Lipinski definition) is 2. The first-order valence-electron chi connectivity index (χ1n) is 7.63. The summed E-state index contributed by atoms with van der Waals surface area (Å²) in [6.07, 6.45) is 10.0. The molecule has 0 amide bonds. The van der Waals surface area contributed by atoms with Crippen molar-refractivity contribution in [3.8, 4) is 0 Å². The van der Waals surface area contributed by atoms with E-state index in [9.17, 15) is 0 Å². The van der Waals surface area contributed by atoms with Gasteiger partial charge >= 0.3 is 0 Å². The smallest absolute Gasteiger partial charge is 0.135 e. The van der Waals surface area contributed by atoms with Crippen LogP contribution in [-0.4, -0.2) is 8.69 Å². The van der Waals surface area contributed by atoms with Gasteiger partial charge in [0, 0.05) is 6.54 Å². The highest BCUT2D eigenvalue weighted by atomic mass is 80.0. The van der Waals surface area contributed by atoms with E-state index in [1.165, 1.54) is 44.9 Å². The number of alkyl halides is 3. The van der Waals surface area contributed by atoms with Crippen LogP contribution in [0.2, 0.25) is 0 Å². The number of anilines is 1. The molecule has 21 heavy (non-hydrogen) atoms. The molecule has 0 saturated carbocycles. The molecule has 0 aliphatic heterocycles. The average Bonchev–Trinajstić information content (AvgIpc) is 2.45. The second kappa shape index (κ2) is 11.0. The summed E-state index contributed by atoms with van der Waals surface area (Å²) < 4.78 is -0.0605. The molecule has 0 saturated heterocycles. The Morgan fingerprint density at radius 2 is 1.33 bits per heavy atom. The highest BCUT2D eigenvalue weighted by Crippen LogP contribution is 2.38. The average molecular weight is 485 g/mol. The van der Waals surface area contributed by atoms with Crippen LogP contribution in [0.3, 0.4) is 0 Å². The number of nitrogens with two attached hydrogens (primary N) is 1. The van der Waals surface area contributed by atoms with Crippen molar-refractivity contribution in [3.63, 3.8) is 0 Å². The summed E-state index contributed by atoms with van der Waals surface area (Å²) in [5, 5.41) is 1.85. The molecular weight excluding hydrogens is 460 g/mol. The van der Waals surface area contributed by atoms with Gasteiger partial charge in [-0.3, -0.25) is 0 Å². The van der Waals surface area contributed by atoms with Crippen LogP contribution in [0, 0.1) is 0 Å². The molecule has 1 rings (SSSR count). The number of unbranched alkanes of at least 4 members (excludes halogenated alkanes) is 6. The van der Waals surface area contributed by atoms with Crippen molar-refractivity contribution < 1.29 is 0 Å². The molecule has 0 heterocycles. The topological polar surface area (TPSA) is 29.3 Å². The Hall–Kier alpha value is 0.420. The van der Waals surface area contributed by atoms with E-state index < -0.39 is 0 Å². The summed E-state index contributed by atoms with van der Waals surface area (Å²) in [6.45, 7) is 0.934. The lowest BCUT2D eigenvalue weighted by atomic mass is 10.1. The van der Waals surface area contributed by atoms with Gasteiger partial charge in [0.05, 0.1) is 5.69 Å². The molecule has 2 N–H and O–H groups in total. The predicted octanol–water partition coefficient (Wildman–Crippen LogP) is 6.33. The van der Waals surface area contributed by atoms with Gasteiger partial charge in [0.15, 0.2) is 0 Å². The predicted molar refractivity (Wildman–Crippen MR) is 104 cm³/mol. The molecule has 0 aliphatic carbocycles. The first-order chi connectivity index (χ1) is 9.99. The molecule has 120 valence electrons. The number of halogens is 3. The molecule has 0 atom stereocenters. The highest BCUT2D eigenvalue weighted by molar-refractivity contribution is 9.39. The molecule has 2 nitrogen and oxygen atoms in total. The fourth-order valence-corrected chi connectivity index (χ4v) is 3.08. The van der Waals surface area contributed by atoms with Crippen LogP contribution < -0.4 is 10.9 Å². The Morgan fingerprint density at radius 3 is 1.90 bits per heavy atom. The second-order valence-electron chi connectivity index (χ2n) is 5.37. The molecule has 0 spiro atoms. The minimum Gasteiger partial charge on any atom is -0.311 e. The van der Waals surface area contributed by atoms with Crippen LogP contribution in [0.4, 0.5) is 5.69 Å². The van der Waals surface area contributed by atoms with Crippen LogP contribution >= 0.6 is 47.8 Å². The number of benzene rings is 1. The Balaban J connectivity index is 1.93. The van der Waals surface area contributed by atoms with Gasteiger partial charge in [-0.1, -0.05) is 105 Å². The summed E-state index contributed by atoms with van der Waals surface area (Å²) in [7, 11) is 0. The number of rotatable bonds is 10. The van der Waals surface area contributed by atoms with Crippen molar-refractivity contribution in [2.24, 2.45) is 5.84 Å². The summed E-state index contributed by atoms with van der Waals surface area (Å²) in [5.74, 6) is 6.04. The maximum Gasteiger partial charge on any atom is 0.135 e. The lowest BCUT2D eigenvalue weighted by Gasteiger charge is -2.18. The highest BCUT2D eigenvalue weighted by Gasteiger charge is 2.15. The Bertz CT molecular complexity index is 366. The molecule has 0 bridgehead atoms. The lowest BCUT2D eigenvalue weighted by molar-refractivity contribution is 0.571. The van der Waals surface area contributed by atoms with Crippen LogP contribution in [0.1, 0.15) is 51.4 Å². The summed E-state index contributed by atoms with van der Waals surface area (Å²) in [5.41, 5.74) is 1.10. The third-order valence-electron chi connectivity index (χ3n) is 3.45. The fraction of sp³-hybridized carbons (Fsp3) is 0.625. The number of hydrogen-bond donors (Lipinski definition) is 1. The van der Waals surface area contributed by atoms with Gasteiger partial charge in [-0.25, -0.2) is 5.84 Å². The van der Waals surface area contributed by atoms with Crippen molar-refractivity contribution in [2.75, 3.05) is 11.6 Å². The third-order valence-corrected chi connectivity index (χ3v) is 4.64. The molecule has 0 radical (unpaired) electrons. The normalized spacial score (nSPS) is 11.6. The van der Waals surface area contributed by atoms with Gasteiger partial charge < -0.3 is 5.01 Å². The van der Waals surface area contributed by atoms with Gasteiger partial charge in [0.2, 0.25) is 0 Å². The van der Waals surface area contributed by atoms with Crippen molar-refractivity contribution in [1.82, 2.24) is 0 Å².